The number of nitrogens with zero attached hydrogens (tertiary/aromatic N) is 2. The number of aromatic nitrogens is 1. The Morgan fingerprint density at radius 2 is 2.00 bits per heavy atom. The summed E-state index contributed by atoms with van der Waals surface area (Å²) in [6, 6.07) is 4.46. The molecule has 1 aliphatic heterocycles. The fraction of sp³-hybridized carbons (Fsp3) is 0.583. The van der Waals surface area contributed by atoms with Crippen molar-refractivity contribution in [2.45, 2.75) is 33.2 Å². The topological polar surface area (TPSA) is 42.1 Å². The first-order valence-electron chi connectivity index (χ1n) is 5.60. The second-order valence-electron chi connectivity index (χ2n) is 4.07. The zero-order valence-electron chi connectivity index (χ0n) is 9.90. The molecule has 1 fully saturated rings. The van der Waals surface area contributed by atoms with E-state index in [9.17, 15) is 0 Å². The Kier molecular flexibility index (Phi) is 4.56. The lowest BCUT2D eigenvalue weighted by atomic mass is 10.1. The maximum atomic E-state index is 5.67. The van der Waals surface area contributed by atoms with Gasteiger partial charge >= 0.3 is 0 Å². The van der Waals surface area contributed by atoms with Crippen molar-refractivity contribution in [1.82, 2.24) is 4.98 Å². The van der Waals surface area contributed by atoms with E-state index in [1.165, 1.54) is 12.0 Å². The standard InChI is InChI=1S/C9H13N3.C3H8/c1-7-2-3-9(11-4-7)12-5-8(10)6-12;1-3-2/h2-4,8H,5-6,10H2,1H3;3H2,1-2H3. The second-order valence-corrected chi connectivity index (χ2v) is 4.07. The average Bonchev–Trinajstić information content (AvgIpc) is 2.16. The Morgan fingerprint density at radius 3 is 2.40 bits per heavy atom. The van der Waals surface area contributed by atoms with Crippen molar-refractivity contribution in [3.63, 3.8) is 0 Å². The van der Waals surface area contributed by atoms with Gasteiger partial charge in [-0.25, -0.2) is 4.98 Å². The molecule has 84 valence electrons. The van der Waals surface area contributed by atoms with E-state index in [-0.39, 0.29) is 0 Å². The van der Waals surface area contributed by atoms with Crippen LogP contribution in [0.4, 0.5) is 5.82 Å². The van der Waals surface area contributed by atoms with Gasteiger partial charge in [-0.2, -0.15) is 0 Å². The molecular weight excluding hydrogens is 186 g/mol. The van der Waals surface area contributed by atoms with Crippen molar-refractivity contribution >= 4 is 5.82 Å². The molecule has 1 aliphatic rings. The fourth-order valence-electron chi connectivity index (χ4n) is 1.35. The molecule has 1 aromatic heterocycles. The maximum Gasteiger partial charge on any atom is 0.128 e. The van der Waals surface area contributed by atoms with Crippen LogP contribution < -0.4 is 10.6 Å². The summed E-state index contributed by atoms with van der Waals surface area (Å²) < 4.78 is 0. The molecule has 1 aromatic rings. The summed E-state index contributed by atoms with van der Waals surface area (Å²) in [6.07, 6.45) is 3.14. The molecular formula is C12H21N3. The van der Waals surface area contributed by atoms with Crippen molar-refractivity contribution in [1.29, 1.82) is 0 Å². The Morgan fingerprint density at radius 1 is 1.40 bits per heavy atom. The van der Waals surface area contributed by atoms with Gasteiger partial charge in [0.1, 0.15) is 5.82 Å². The molecule has 0 atom stereocenters. The first kappa shape index (κ1) is 12.0. The van der Waals surface area contributed by atoms with Crippen molar-refractivity contribution in [3.05, 3.63) is 23.9 Å². The van der Waals surface area contributed by atoms with Gasteiger partial charge in [-0.05, 0) is 18.6 Å². The predicted octanol–water partition coefficient (Wildman–Crippen LogP) is 1.95. The van der Waals surface area contributed by atoms with Crippen LogP contribution in [0, 0.1) is 6.92 Å². The minimum Gasteiger partial charge on any atom is -0.353 e. The molecule has 0 spiro atoms. The highest BCUT2D eigenvalue weighted by Crippen LogP contribution is 2.16. The molecule has 0 saturated carbocycles. The van der Waals surface area contributed by atoms with Crippen LogP contribution in [0.1, 0.15) is 25.8 Å². The van der Waals surface area contributed by atoms with Gasteiger partial charge < -0.3 is 10.6 Å². The monoisotopic (exact) mass is 207 g/mol. The van der Waals surface area contributed by atoms with E-state index in [0.29, 0.717) is 6.04 Å². The van der Waals surface area contributed by atoms with Crippen LogP contribution >= 0.6 is 0 Å². The Labute approximate surface area is 92.3 Å². The Hall–Kier alpha value is -1.09. The molecule has 3 heteroatoms. The van der Waals surface area contributed by atoms with Gasteiger partial charge in [0.25, 0.3) is 0 Å². The van der Waals surface area contributed by atoms with Crippen molar-refractivity contribution in [2.75, 3.05) is 18.0 Å². The molecule has 0 aromatic carbocycles. The number of nitrogens with two attached hydrogens (primary N) is 1. The van der Waals surface area contributed by atoms with Crippen LogP contribution in [-0.2, 0) is 0 Å². The molecule has 0 unspecified atom stereocenters. The molecule has 0 radical (unpaired) electrons. The van der Waals surface area contributed by atoms with E-state index in [1.54, 1.807) is 0 Å². The largest absolute Gasteiger partial charge is 0.353 e. The van der Waals surface area contributed by atoms with Gasteiger partial charge in [0.15, 0.2) is 0 Å². The van der Waals surface area contributed by atoms with Crippen molar-refractivity contribution < 1.29 is 0 Å². The molecule has 1 saturated heterocycles. The lowest BCUT2D eigenvalue weighted by molar-refractivity contribution is 0.514. The summed E-state index contributed by atoms with van der Waals surface area (Å²) in [4.78, 5) is 6.49. The van der Waals surface area contributed by atoms with Crippen LogP contribution in [0.15, 0.2) is 18.3 Å². The van der Waals surface area contributed by atoms with Crippen LogP contribution in [0.2, 0.25) is 0 Å². The minimum atomic E-state index is 0.341. The third-order valence-electron chi connectivity index (χ3n) is 2.13. The number of hydrogen-bond acceptors (Lipinski definition) is 3. The van der Waals surface area contributed by atoms with Gasteiger partial charge in [-0.1, -0.05) is 26.3 Å². The zero-order chi connectivity index (χ0) is 11.3. The first-order valence-corrected chi connectivity index (χ1v) is 5.60. The molecule has 15 heavy (non-hydrogen) atoms. The van der Waals surface area contributed by atoms with Gasteiger partial charge in [-0.3, -0.25) is 0 Å². The van der Waals surface area contributed by atoms with Gasteiger partial charge in [0.05, 0.1) is 0 Å². The summed E-state index contributed by atoms with van der Waals surface area (Å²) in [5, 5.41) is 0. The van der Waals surface area contributed by atoms with E-state index >= 15 is 0 Å². The highest BCUT2D eigenvalue weighted by Gasteiger charge is 2.23. The normalized spacial score (nSPS) is 15.3. The summed E-state index contributed by atoms with van der Waals surface area (Å²) in [6.45, 7) is 8.17. The second kappa shape index (κ2) is 5.71. The highest BCUT2D eigenvalue weighted by atomic mass is 15.3. The number of hydrogen-bond donors (Lipinski definition) is 1. The van der Waals surface area contributed by atoms with Crippen molar-refractivity contribution in [3.8, 4) is 0 Å². The summed E-state index contributed by atoms with van der Waals surface area (Å²) in [7, 11) is 0. The molecule has 0 bridgehead atoms. The molecule has 0 aliphatic carbocycles. The van der Waals surface area contributed by atoms with Crippen LogP contribution in [-0.4, -0.2) is 24.1 Å². The SMILES string of the molecule is CCC.Cc1ccc(N2CC(N)C2)nc1. The van der Waals surface area contributed by atoms with E-state index < -0.39 is 0 Å². The van der Waals surface area contributed by atoms with Crippen LogP contribution in [0.3, 0.4) is 0 Å². The van der Waals surface area contributed by atoms with Crippen molar-refractivity contribution in [2.24, 2.45) is 5.73 Å². The van der Waals surface area contributed by atoms with Gasteiger partial charge in [0, 0.05) is 25.3 Å². The average molecular weight is 207 g/mol. The fourth-order valence-corrected chi connectivity index (χ4v) is 1.35. The molecule has 2 N–H and O–H groups in total. The quantitative estimate of drug-likeness (QED) is 0.765. The predicted molar refractivity (Wildman–Crippen MR) is 65.1 cm³/mol. The molecule has 3 nitrogen and oxygen atoms in total. The zero-order valence-corrected chi connectivity index (χ0v) is 9.90. The van der Waals surface area contributed by atoms with Crippen LogP contribution in [0.25, 0.3) is 0 Å². The van der Waals surface area contributed by atoms with Gasteiger partial charge in [-0.15, -0.1) is 0 Å². The Bertz CT molecular complexity index is 275. The number of pyridine rings is 1. The molecule has 0 amide bonds. The lowest BCUT2D eigenvalue weighted by Gasteiger charge is -2.37. The summed E-state index contributed by atoms with van der Waals surface area (Å²) in [5.74, 6) is 1.04. The number of anilines is 1. The lowest BCUT2D eigenvalue weighted by Crippen LogP contribution is -2.56. The summed E-state index contributed by atoms with van der Waals surface area (Å²) >= 11 is 0. The van der Waals surface area contributed by atoms with E-state index in [2.05, 4.69) is 29.8 Å². The van der Waals surface area contributed by atoms with Crippen LogP contribution in [0.5, 0.6) is 0 Å². The van der Waals surface area contributed by atoms with Gasteiger partial charge in [0.2, 0.25) is 0 Å². The smallest absolute Gasteiger partial charge is 0.128 e. The highest BCUT2D eigenvalue weighted by molar-refractivity contribution is 5.42. The molecule has 2 rings (SSSR count). The molecule has 2 heterocycles. The number of rotatable bonds is 1. The third kappa shape index (κ3) is 3.51. The third-order valence-corrected chi connectivity index (χ3v) is 2.13. The van der Waals surface area contributed by atoms with E-state index in [4.69, 9.17) is 5.73 Å². The number of aryl methyl sites for hydroxylation is 1. The Balaban J connectivity index is 0.000000337. The summed E-state index contributed by atoms with van der Waals surface area (Å²) in [5.41, 5.74) is 6.86. The minimum absolute atomic E-state index is 0.341. The maximum absolute atomic E-state index is 5.67. The van der Waals surface area contributed by atoms with E-state index in [0.717, 1.165) is 18.9 Å². The first-order chi connectivity index (χ1) is 7.17. The van der Waals surface area contributed by atoms with E-state index in [1.807, 2.05) is 19.2 Å².